The fourth-order valence-corrected chi connectivity index (χ4v) is 3.07. The lowest BCUT2D eigenvalue weighted by Gasteiger charge is -2.42. The molecule has 0 radical (unpaired) electrons. The number of carbonyl (C=O) groups is 4. The lowest BCUT2D eigenvalue weighted by molar-refractivity contribution is -0.198. The number of nitrogens with two attached hydrogens (primary N) is 1. The summed E-state index contributed by atoms with van der Waals surface area (Å²) in [7, 11) is 0. The fourth-order valence-electron chi connectivity index (χ4n) is 3.07. The van der Waals surface area contributed by atoms with Crippen LogP contribution in [0.3, 0.4) is 0 Å². The summed E-state index contributed by atoms with van der Waals surface area (Å²) < 4.78 is 10.2. The number of benzene rings is 2. The predicted molar refractivity (Wildman–Crippen MR) is 104 cm³/mol. The van der Waals surface area contributed by atoms with Crippen molar-refractivity contribution in [2.24, 2.45) is 11.8 Å². The van der Waals surface area contributed by atoms with Crippen LogP contribution in [-0.4, -0.2) is 35.0 Å². The average Bonchev–Trinajstić information content (AvgIpc) is 2.76. The average molecular weight is 411 g/mol. The summed E-state index contributed by atoms with van der Waals surface area (Å²) in [6.07, 6.45) is -2.06. The van der Waals surface area contributed by atoms with Gasteiger partial charge in [-0.15, -0.1) is 0 Å². The monoisotopic (exact) mass is 411 g/mol. The Balaban J connectivity index is 1.75. The zero-order chi connectivity index (χ0) is 21.7. The maximum Gasteiger partial charge on any atom is 0.408 e. The second kappa shape index (κ2) is 9.19. The molecule has 2 amide bonds. The molecule has 3 rings (SSSR count). The van der Waals surface area contributed by atoms with Crippen LogP contribution in [0.2, 0.25) is 0 Å². The number of hydrogen-bond donors (Lipinski definition) is 2. The van der Waals surface area contributed by atoms with Gasteiger partial charge in [0.15, 0.2) is 11.7 Å². The van der Waals surface area contributed by atoms with Crippen LogP contribution in [0.25, 0.3) is 0 Å². The van der Waals surface area contributed by atoms with Crippen molar-refractivity contribution in [3.8, 4) is 0 Å². The molecule has 1 aliphatic heterocycles. The van der Waals surface area contributed by atoms with E-state index in [0.29, 0.717) is 10.6 Å². The number of ketones is 1. The number of alkyl carbamates (subject to hydrolysis) is 1. The van der Waals surface area contributed by atoms with Crippen LogP contribution in [0.15, 0.2) is 60.7 Å². The van der Waals surface area contributed by atoms with E-state index in [1.165, 1.54) is 0 Å². The molecule has 1 aliphatic rings. The van der Waals surface area contributed by atoms with Crippen molar-refractivity contribution >= 4 is 23.8 Å². The Labute approximate surface area is 172 Å². The third kappa shape index (κ3) is 4.64. The maximum absolute atomic E-state index is 13.1. The van der Waals surface area contributed by atoms with E-state index >= 15 is 0 Å². The van der Waals surface area contributed by atoms with E-state index < -0.39 is 41.9 Å². The zero-order valence-corrected chi connectivity index (χ0v) is 16.2. The van der Waals surface area contributed by atoms with Gasteiger partial charge in [0, 0.05) is 6.92 Å². The van der Waals surface area contributed by atoms with E-state index in [-0.39, 0.29) is 6.61 Å². The highest BCUT2D eigenvalue weighted by Crippen LogP contribution is 2.30. The molecule has 1 heterocycles. The number of rotatable bonds is 7. The van der Waals surface area contributed by atoms with Crippen LogP contribution in [0.1, 0.15) is 24.1 Å². The van der Waals surface area contributed by atoms with Gasteiger partial charge in [0.25, 0.3) is 5.91 Å². The van der Waals surface area contributed by atoms with E-state index in [9.17, 15) is 19.2 Å². The molecule has 0 bridgehead atoms. The van der Waals surface area contributed by atoms with E-state index in [1.807, 2.05) is 18.2 Å². The minimum atomic E-state index is -1.32. The Morgan fingerprint density at radius 1 is 1.07 bits per heavy atom. The first kappa shape index (κ1) is 21.0. The van der Waals surface area contributed by atoms with Gasteiger partial charge in [-0.2, -0.15) is 0 Å². The molecular formula is C21H21N3O6. The van der Waals surface area contributed by atoms with E-state index in [0.717, 1.165) is 12.5 Å². The van der Waals surface area contributed by atoms with Crippen molar-refractivity contribution in [2.45, 2.75) is 25.8 Å². The number of carbonyl (C=O) groups excluding carboxylic acids is 4. The summed E-state index contributed by atoms with van der Waals surface area (Å²) in [6.45, 7) is 1.16. The molecule has 0 unspecified atom stereocenters. The zero-order valence-electron chi connectivity index (χ0n) is 16.2. The normalized spacial score (nSPS) is 18.7. The molecule has 2 aromatic rings. The Hall–Kier alpha value is -3.72. The van der Waals surface area contributed by atoms with Gasteiger partial charge in [0.05, 0.1) is 0 Å². The van der Waals surface area contributed by atoms with Gasteiger partial charge in [-0.25, -0.2) is 15.6 Å². The van der Waals surface area contributed by atoms with Crippen molar-refractivity contribution in [1.82, 2.24) is 10.3 Å². The van der Waals surface area contributed by atoms with E-state index in [2.05, 4.69) is 5.32 Å². The van der Waals surface area contributed by atoms with Crippen molar-refractivity contribution < 1.29 is 28.7 Å². The van der Waals surface area contributed by atoms with Gasteiger partial charge >= 0.3 is 12.1 Å². The highest BCUT2D eigenvalue weighted by molar-refractivity contribution is 6.09. The molecule has 9 heteroatoms. The number of ether oxygens (including phenoxy) is 2. The van der Waals surface area contributed by atoms with Crippen LogP contribution in [0.5, 0.6) is 0 Å². The number of esters is 1. The van der Waals surface area contributed by atoms with Crippen LogP contribution in [-0.2, 0) is 30.5 Å². The first-order chi connectivity index (χ1) is 14.4. The summed E-state index contributed by atoms with van der Waals surface area (Å²) in [5.74, 6) is 2.17. The summed E-state index contributed by atoms with van der Waals surface area (Å²) in [6, 6.07) is 16.2. The van der Waals surface area contributed by atoms with E-state index in [1.54, 1.807) is 42.5 Å². The lowest BCUT2D eigenvalue weighted by atomic mass is 9.86. The van der Waals surface area contributed by atoms with E-state index in [4.69, 9.17) is 15.3 Å². The highest BCUT2D eigenvalue weighted by atomic mass is 16.6. The number of Topliss-reactive ketones (excluding diaryl/α,β-unsaturated/α-hetero) is 1. The highest BCUT2D eigenvalue weighted by Gasteiger charge is 2.54. The van der Waals surface area contributed by atoms with Crippen LogP contribution < -0.4 is 11.2 Å². The SMILES string of the molecule is CC(=O)O[C@H]1[C@@H](C(=O)[C@H](NC(=O)OCc2ccccc2)c2ccccc2)C(=O)N1N. The predicted octanol–water partition coefficient (Wildman–Crippen LogP) is 1.44. The molecule has 1 fully saturated rings. The van der Waals surface area contributed by atoms with Gasteiger partial charge in [0.2, 0.25) is 6.23 Å². The minimum Gasteiger partial charge on any atom is -0.445 e. The number of hydrazine groups is 1. The maximum atomic E-state index is 13.1. The molecule has 1 saturated heterocycles. The molecule has 0 spiro atoms. The third-order valence-electron chi connectivity index (χ3n) is 4.57. The smallest absolute Gasteiger partial charge is 0.408 e. The number of nitrogens with one attached hydrogen (secondary N) is 1. The molecule has 30 heavy (non-hydrogen) atoms. The molecule has 3 atom stereocenters. The van der Waals surface area contributed by atoms with Crippen molar-refractivity contribution in [2.75, 3.05) is 0 Å². The Kier molecular flexibility index (Phi) is 6.43. The third-order valence-corrected chi connectivity index (χ3v) is 4.57. The Morgan fingerprint density at radius 3 is 2.27 bits per heavy atom. The quantitative estimate of drug-likeness (QED) is 0.232. The molecule has 2 aromatic carbocycles. The topological polar surface area (TPSA) is 128 Å². The molecule has 3 N–H and O–H groups in total. The lowest BCUT2D eigenvalue weighted by Crippen LogP contribution is -2.68. The summed E-state index contributed by atoms with van der Waals surface area (Å²) >= 11 is 0. The van der Waals surface area contributed by atoms with Gasteiger partial charge < -0.3 is 14.8 Å². The van der Waals surface area contributed by atoms with Gasteiger partial charge in [-0.05, 0) is 11.1 Å². The van der Waals surface area contributed by atoms with Crippen molar-refractivity contribution in [3.63, 3.8) is 0 Å². The number of β-lactam (4-membered cyclic amide) rings is 1. The summed E-state index contributed by atoms with van der Waals surface area (Å²) in [5, 5.41) is 3.18. The van der Waals surface area contributed by atoms with Crippen LogP contribution >= 0.6 is 0 Å². The van der Waals surface area contributed by atoms with Crippen molar-refractivity contribution in [3.05, 3.63) is 71.8 Å². The second-order valence-corrected chi connectivity index (χ2v) is 6.68. The Bertz CT molecular complexity index is 934. The first-order valence-corrected chi connectivity index (χ1v) is 9.19. The molecule has 0 aromatic heterocycles. The largest absolute Gasteiger partial charge is 0.445 e. The Morgan fingerprint density at radius 2 is 1.67 bits per heavy atom. The molecule has 0 saturated carbocycles. The van der Waals surface area contributed by atoms with Crippen LogP contribution in [0.4, 0.5) is 4.79 Å². The summed E-state index contributed by atoms with van der Waals surface area (Å²) in [4.78, 5) is 48.9. The molecule has 156 valence electrons. The number of nitrogens with zero attached hydrogens (tertiary/aromatic N) is 1. The fraction of sp³-hybridized carbons (Fsp3) is 0.238. The standard InChI is InChI=1S/C21H21N3O6/c1-13(25)30-20-16(19(27)24(20)22)18(26)17(15-10-6-3-7-11-15)23-21(28)29-12-14-8-4-2-5-9-14/h2-11,16-17,20H,12,22H2,1H3,(H,23,28)/t16-,17+,20-/m0/s1. The van der Waals surface area contributed by atoms with Gasteiger partial charge in [-0.1, -0.05) is 60.7 Å². The van der Waals surface area contributed by atoms with Gasteiger partial charge in [0.1, 0.15) is 12.6 Å². The molecule has 9 nitrogen and oxygen atoms in total. The second-order valence-electron chi connectivity index (χ2n) is 6.68. The van der Waals surface area contributed by atoms with Crippen molar-refractivity contribution in [1.29, 1.82) is 0 Å². The molecular weight excluding hydrogens is 390 g/mol. The number of amides is 2. The first-order valence-electron chi connectivity index (χ1n) is 9.19. The minimum absolute atomic E-state index is 0.0113. The summed E-state index contributed by atoms with van der Waals surface area (Å²) in [5.41, 5.74) is 1.22. The van der Waals surface area contributed by atoms with Gasteiger partial charge in [-0.3, -0.25) is 14.4 Å². The van der Waals surface area contributed by atoms with Crippen LogP contribution in [0, 0.1) is 5.92 Å². The number of hydrogen-bond acceptors (Lipinski definition) is 7. The molecule has 0 aliphatic carbocycles.